The van der Waals surface area contributed by atoms with Crippen LogP contribution in [-0.4, -0.2) is 61.0 Å². The molecule has 1 saturated heterocycles. The lowest BCUT2D eigenvalue weighted by molar-refractivity contribution is -0.121. The summed E-state index contributed by atoms with van der Waals surface area (Å²) < 4.78 is 25.3. The molecule has 2 heterocycles. The molecule has 0 aliphatic carbocycles. The minimum atomic E-state index is -3.39. The van der Waals surface area contributed by atoms with Crippen LogP contribution in [0.4, 0.5) is 5.95 Å². The van der Waals surface area contributed by atoms with E-state index in [4.69, 9.17) is 0 Å². The van der Waals surface area contributed by atoms with Crippen LogP contribution in [0.2, 0.25) is 0 Å². The third kappa shape index (κ3) is 6.73. The van der Waals surface area contributed by atoms with Crippen molar-refractivity contribution >= 4 is 21.9 Å². The number of carbonyl (C=O) groups is 1. The van der Waals surface area contributed by atoms with Crippen LogP contribution in [0.5, 0.6) is 0 Å². The minimum Gasteiger partial charge on any atom is -0.349 e. The van der Waals surface area contributed by atoms with E-state index in [1.54, 1.807) is 0 Å². The van der Waals surface area contributed by atoms with Gasteiger partial charge in [0.15, 0.2) is 0 Å². The Morgan fingerprint density at radius 2 is 1.96 bits per heavy atom. The van der Waals surface area contributed by atoms with Gasteiger partial charge in [-0.1, -0.05) is 13.3 Å². The van der Waals surface area contributed by atoms with Gasteiger partial charge in [-0.3, -0.25) is 4.79 Å². The number of sulfonamides is 1. The van der Waals surface area contributed by atoms with E-state index in [9.17, 15) is 13.2 Å². The Bertz CT molecular complexity index is 733. The summed E-state index contributed by atoms with van der Waals surface area (Å²) in [6.45, 7) is 5.82. The molecule has 0 saturated carbocycles. The number of hydrogen-bond donors (Lipinski definition) is 1. The molecule has 1 aromatic rings. The first-order valence-corrected chi connectivity index (χ1v) is 11.2. The van der Waals surface area contributed by atoms with Crippen molar-refractivity contribution in [3.63, 3.8) is 0 Å². The second-order valence-corrected chi connectivity index (χ2v) is 9.25. The molecule has 8 nitrogen and oxygen atoms in total. The van der Waals surface area contributed by atoms with E-state index < -0.39 is 10.0 Å². The molecule has 1 fully saturated rings. The van der Waals surface area contributed by atoms with Gasteiger partial charge in [-0.25, -0.2) is 18.4 Å². The van der Waals surface area contributed by atoms with Gasteiger partial charge in [0.05, 0.1) is 24.5 Å². The fraction of sp³-hybridized carbons (Fsp3) is 0.722. The maximum absolute atomic E-state index is 12.1. The number of piperidine rings is 1. The van der Waals surface area contributed by atoms with Gasteiger partial charge in [0.1, 0.15) is 0 Å². The standard InChI is InChI=1S/C18H31N5O3S/c1-4-5-11-27(25,26)22(3)14-17(24)19-13-16-12-15(2)20-18(21-16)23-9-7-6-8-10-23/h12H,4-11,13-14H2,1-3H3,(H,19,24). The molecule has 1 aliphatic rings. The fourth-order valence-electron chi connectivity index (χ4n) is 2.97. The van der Waals surface area contributed by atoms with Crippen LogP contribution in [0.1, 0.15) is 50.4 Å². The second kappa shape index (κ2) is 9.98. The molecule has 0 unspecified atom stereocenters. The predicted molar refractivity (Wildman–Crippen MR) is 106 cm³/mol. The first-order chi connectivity index (χ1) is 12.8. The largest absolute Gasteiger partial charge is 0.349 e. The maximum Gasteiger partial charge on any atom is 0.235 e. The van der Waals surface area contributed by atoms with Crippen LogP contribution in [0, 0.1) is 6.92 Å². The summed E-state index contributed by atoms with van der Waals surface area (Å²) in [6, 6.07) is 1.84. The minimum absolute atomic E-state index is 0.0670. The number of anilines is 1. The number of aromatic nitrogens is 2. The van der Waals surface area contributed by atoms with Crippen molar-refractivity contribution in [2.45, 2.75) is 52.5 Å². The Morgan fingerprint density at radius 3 is 2.63 bits per heavy atom. The zero-order chi connectivity index (χ0) is 19.9. The summed E-state index contributed by atoms with van der Waals surface area (Å²) in [7, 11) is -1.95. The van der Waals surface area contributed by atoms with Gasteiger partial charge >= 0.3 is 0 Å². The van der Waals surface area contributed by atoms with Crippen molar-refractivity contribution in [1.82, 2.24) is 19.6 Å². The lowest BCUT2D eigenvalue weighted by Crippen LogP contribution is -2.39. The van der Waals surface area contributed by atoms with Crippen LogP contribution in [0.3, 0.4) is 0 Å². The molecule has 2 rings (SSSR count). The number of hydrogen-bond acceptors (Lipinski definition) is 6. The van der Waals surface area contributed by atoms with Gasteiger partial charge in [-0.15, -0.1) is 0 Å². The van der Waals surface area contributed by atoms with Crippen LogP contribution in [-0.2, 0) is 21.4 Å². The van der Waals surface area contributed by atoms with E-state index >= 15 is 0 Å². The van der Waals surface area contributed by atoms with Crippen LogP contribution >= 0.6 is 0 Å². The lowest BCUT2D eigenvalue weighted by atomic mass is 10.1. The summed E-state index contributed by atoms with van der Waals surface area (Å²) >= 11 is 0. The summed E-state index contributed by atoms with van der Waals surface area (Å²) in [6.07, 6.45) is 4.91. The molecule has 1 N–H and O–H groups in total. The molecule has 27 heavy (non-hydrogen) atoms. The molecule has 1 amide bonds. The quantitative estimate of drug-likeness (QED) is 0.678. The zero-order valence-electron chi connectivity index (χ0n) is 16.6. The number of nitrogens with zero attached hydrogens (tertiary/aromatic N) is 4. The smallest absolute Gasteiger partial charge is 0.235 e. The number of unbranched alkanes of at least 4 members (excludes halogenated alkanes) is 1. The molecule has 0 atom stereocenters. The van der Waals surface area contributed by atoms with Crippen LogP contribution in [0.15, 0.2) is 6.07 Å². The lowest BCUT2D eigenvalue weighted by Gasteiger charge is -2.27. The highest BCUT2D eigenvalue weighted by molar-refractivity contribution is 7.89. The van der Waals surface area contributed by atoms with Crippen molar-refractivity contribution in [2.24, 2.45) is 0 Å². The average molecular weight is 398 g/mol. The predicted octanol–water partition coefficient (Wildman–Crippen LogP) is 1.45. The highest BCUT2D eigenvalue weighted by atomic mass is 32.2. The zero-order valence-corrected chi connectivity index (χ0v) is 17.4. The molecular weight excluding hydrogens is 366 g/mol. The molecule has 9 heteroatoms. The Balaban J connectivity index is 1.91. The molecule has 152 valence electrons. The topological polar surface area (TPSA) is 95.5 Å². The second-order valence-electron chi connectivity index (χ2n) is 7.05. The van der Waals surface area contributed by atoms with Crippen molar-refractivity contribution in [1.29, 1.82) is 0 Å². The van der Waals surface area contributed by atoms with Crippen molar-refractivity contribution in [3.8, 4) is 0 Å². The van der Waals surface area contributed by atoms with E-state index in [-0.39, 0.29) is 24.7 Å². The third-order valence-corrected chi connectivity index (χ3v) is 6.48. The molecule has 0 bridgehead atoms. The van der Waals surface area contributed by atoms with E-state index in [0.717, 1.165) is 48.0 Å². The van der Waals surface area contributed by atoms with E-state index in [2.05, 4.69) is 20.2 Å². The number of amides is 1. The normalized spacial score (nSPS) is 15.2. The molecule has 0 radical (unpaired) electrons. The van der Waals surface area contributed by atoms with Crippen LogP contribution < -0.4 is 10.2 Å². The Kier molecular flexibility index (Phi) is 7.97. The first kappa shape index (κ1) is 21.6. The molecule has 0 aromatic carbocycles. The van der Waals surface area contributed by atoms with E-state index in [0.29, 0.717) is 12.4 Å². The summed E-state index contributed by atoms with van der Waals surface area (Å²) in [5.74, 6) is 0.434. The number of carbonyl (C=O) groups excluding carboxylic acids is 1. The SMILES string of the molecule is CCCCS(=O)(=O)N(C)CC(=O)NCc1cc(C)nc(N2CCCCC2)n1. The number of rotatable bonds is 9. The van der Waals surface area contributed by atoms with Gasteiger partial charge in [-0.2, -0.15) is 4.31 Å². The van der Waals surface area contributed by atoms with Crippen molar-refractivity contribution in [2.75, 3.05) is 37.3 Å². The monoisotopic (exact) mass is 397 g/mol. The van der Waals surface area contributed by atoms with Gasteiger partial charge in [0, 0.05) is 25.8 Å². The van der Waals surface area contributed by atoms with Gasteiger partial charge in [0.25, 0.3) is 0 Å². The molecule has 1 aromatic heterocycles. The number of aryl methyl sites for hydroxylation is 1. The molecular formula is C18H31N5O3S. The summed E-state index contributed by atoms with van der Waals surface area (Å²) in [5, 5.41) is 2.76. The van der Waals surface area contributed by atoms with Crippen LogP contribution in [0.25, 0.3) is 0 Å². The number of nitrogens with one attached hydrogen (secondary N) is 1. The van der Waals surface area contributed by atoms with Crippen molar-refractivity contribution < 1.29 is 13.2 Å². The fourth-order valence-corrected chi connectivity index (χ4v) is 4.25. The molecule has 0 spiro atoms. The third-order valence-electron chi connectivity index (χ3n) is 4.60. The van der Waals surface area contributed by atoms with Gasteiger partial charge in [-0.05, 0) is 38.7 Å². The highest BCUT2D eigenvalue weighted by Crippen LogP contribution is 2.16. The summed E-state index contributed by atoms with van der Waals surface area (Å²) in [5.41, 5.74) is 1.59. The molecule has 1 aliphatic heterocycles. The number of likely N-dealkylation sites (N-methyl/N-ethyl adjacent to an activating group) is 1. The Labute approximate surface area is 162 Å². The average Bonchev–Trinajstić information content (AvgIpc) is 2.65. The van der Waals surface area contributed by atoms with Gasteiger partial charge < -0.3 is 10.2 Å². The summed E-state index contributed by atoms with van der Waals surface area (Å²) in [4.78, 5) is 23.4. The van der Waals surface area contributed by atoms with Crippen molar-refractivity contribution in [3.05, 3.63) is 17.5 Å². The van der Waals surface area contributed by atoms with E-state index in [1.807, 2.05) is 19.9 Å². The van der Waals surface area contributed by atoms with Gasteiger partial charge in [0.2, 0.25) is 21.9 Å². The maximum atomic E-state index is 12.1. The Hall–Kier alpha value is -1.74. The Morgan fingerprint density at radius 1 is 1.26 bits per heavy atom. The first-order valence-electron chi connectivity index (χ1n) is 9.62. The highest BCUT2D eigenvalue weighted by Gasteiger charge is 2.20. The van der Waals surface area contributed by atoms with E-state index in [1.165, 1.54) is 13.5 Å².